The van der Waals surface area contributed by atoms with Gasteiger partial charge in [0.15, 0.2) is 5.96 Å². The van der Waals surface area contributed by atoms with Crippen LogP contribution in [0.1, 0.15) is 33.1 Å². The number of nitrogens with zero attached hydrogens (tertiary/aromatic N) is 1. The van der Waals surface area contributed by atoms with Gasteiger partial charge >= 0.3 is 11.9 Å². The molecule has 0 aliphatic carbocycles. The molecule has 0 saturated carbocycles. The maximum atomic E-state index is 11.6. The van der Waals surface area contributed by atoms with E-state index in [0.29, 0.717) is 19.4 Å². The number of ether oxygens (including phenoxy) is 1. The largest absolute Gasteiger partial charge is 0.391 e. The number of guanidine groups is 1. The molecule has 0 aliphatic rings. The summed E-state index contributed by atoms with van der Waals surface area (Å²) in [6, 6.07) is -1.71. The van der Waals surface area contributed by atoms with Crippen molar-refractivity contribution in [2.24, 2.45) is 33.8 Å². The van der Waals surface area contributed by atoms with Gasteiger partial charge in [-0.15, -0.1) is 0 Å². The molecule has 0 heterocycles. The molecule has 0 aromatic heterocycles. The van der Waals surface area contributed by atoms with E-state index >= 15 is 0 Å². The Balaban J connectivity index is 4.13. The van der Waals surface area contributed by atoms with Crippen LogP contribution in [-0.2, 0) is 14.3 Å². The first-order valence-corrected chi connectivity index (χ1v) is 6.61. The second-order valence-corrected chi connectivity index (χ2v) is 4.71. The maximum Gasteiger partial charge on any atom is 0.330 e. The quantitative estimate of drug-likeness (QED) is 0.143. The van der Waals surface area contributed by atoms with Gasteiger partial charge in [0.25, 0.3) is 0 Å². The fourth-order valence-corrected chi connectivity index (χ4v) is 1.37. The van der Waals surface area contributed by atoms with E-state index in [0.717, 1.165) is 6.42 Å². The van der Waals surface area contributed by atoms with Crippen LogP contribution in [0.25, 0.3) is 0 Å². The summed E-state index contributed by atoms with van der Waals surface area (Å²) in [7, 11) is 0. The Morgan fingerprint density at radius 2 is 1.80 bits per heavy atom. The maximum absolute atomic E-state index is 11.6. The van der Waals surface area contributed by atoms with Crippen molar-refractivity contribution in [2.75, 3.05) is 6.54 Å². The van der Waals surface area contributed by atoms with E-state index in [9.17, 15) is 9.59 Å². The standard InChI is InChI=1S/C12H25N5O3/c1-3-7(2)9(14)11(19)20-10(18)8(13)5-4-6-17-12(15)16/h7-9H,3-6,13-14H2,1-2H3,(H4,15,16,17)/t7-,8-,9-/m1/s1. The van der Waals surface area contributed by atoms with E-state index in [1.165, 1.54) is 0 Å². The molecule has 0 amide bonds. The fourth-order valence-electron chi connectivity index (χ4n) is 1.37. The zero-order chi connectivity index (χ0) is 15.7. The Morgan fingerprint density at radius 1 is 1.20 bits per heavy atom. The van der Waals surface area contributed by atoms with Crippen molar-refractivity contribution in [3.05, 3.63) is 0 Å². The summed E-state index contributed by atoms with van der Waals surface area (Å²) in [6.07, 6.45) is 1.55. The lowest BCUT2D eigenvalue weighted by Crippen LogP contribution is -2.42. The van der Waals surface area contributed by atoms with Crippen molar-refractivity contribution in [1.29, 1.82) is 0 Å². The fraction of sp³-hybridized carbons (Fsp3) is 0.750. The Morgan fingerprint density at radius 3 is 2.30 bits per heavy atom. The third kappa shape index (κ3) is 7.05. The average Bonchev–Trinajstić information content (AvgIpc) is 2.40. The minimum Gasteiger partial charge on any atom is -0.391 e. The van der Waals surface area contributed by atoms with Crippen LogP contribution in [-0.4, -0.2) is 36.5 Å². The molecule has 0 aromatic carbocycles. The highest BCUT2D eigenvalue weighted by molar-refractivity contribution is 5.90. The van der Waals surface area contributed by atoms with E-state index in [2.05, 4.69) is 9.73 Å². The van der Waals surface area contributed by atoms with Gasteiger partial charge in [0, 0.05) is 6.54 Å². The number of nitrogens with two attached hydrogens (primary N) is 4. The lowest BCUT2D eigenvalue weighted by Gasteiger charge is -2.17. The van der Waals surface area contributed by atoms with Gasteiger partial charge < -0.3 is 27.7 Å². The molecule has 0 unspecified atom stereocenters. The number of rotatable bonds is 8. The van der Waals surface area contributed by atoms with E-state index in [1.54, 1.807) is 0 Å². The molecule has 3 atom stereocenters. The molecule has 0 spiro atoms. The van der Waals surface area contributed by atoms with Crippen LogP contribution in [0.2, 0.25) is 0 Å². The van der Waals surface area contributed by atoms with E-state index in [4.69, 9.17) is 22.9 Å². The van der Waals surface area contributed by atoms with Crippen LogP contribution in [0, 0.1) is 5.92 Å². The van der Waals surface area contributed by atoms with Crippen LogP contribution >= 0.6 is 0 Å². The molecule has 0 rings (SSSR count). The van der Waals surface area contributed by atoms with Crippen LogP contribution < -0.4 is 22.9 Å². The van der Waals surface area contributed by atoms with Gasteiger partial charge in [0.05, 0.1) is 0 Å². The van der Waals surface area contributed by atoms with Gasteiger partial charge in [-0.2, -0.15) is 0 Å². The van der Waals surface area contributed by atoms with Crippen LogP contribution in [0.15, 0.2) is 4.99 Å². The number of hydrogen-bond donors (Lipinski definition) is 4. The van der Waals surface area contributed by atoms with Gasteiger partial charge in [-0.25, -0.2) is 9.59 Å². The lowest BCUT2D eigenvalue weighted by molar-refractivity contribution is -0.162. The molecule has 0 fully saturated rings. The number of carbonyl (C=O) groups is 2. The van der Waals surface area contributed by atoms with Crippen molar-refractivity contribution >= 4 is 17.9 Å². The topological polar surface area (TPSA) is 160 Å². The molecule has 20 heavy (non-hydrogen) atoms. The highest BCUT2D eigenvalue weighted by Gasteiger charge is 2.25. The van der Waals surface area contributed by atoms with Gasteiger partial charge in [0.2, 0.25) is 0 Å². The normalized spacial score (nSPS) is 15.0. The summed E-state index contributed by atoms with van der Waals surface area (Å²) >= 11 is 0. The Kier molecular flexibility index (Phi) is 8.49. The van der Waals surface area contributed by atoms with Crippen molar-refractivity contribution in [2.45, 2.75) is 45.2 Å². The molecule has 0 radical (unpaired) electrons. The lowest BCUT2D eigenvalue weighted by atomic mass is 10.0. The molecule has 0 saturated heterocycles. The average molecular weight is 287 g/mol. The highest BCUT2D eigenvalue weighted by atomic mass is 16.6. The molecular weight excluding hydrogens is 262 g/mol. The van der Waals surface area contributed by atoms with Crippen LogP contribution in [0.5, 0.6) is 0 Å². The zero-order valence-electron chi connectivity index (χ0n) is 12.0. The molecule has 0 aliphatic heterocycles. The zero-order valence-corrected chi connectivity index (χ0v) is 12.0. The third-order valence-corrected chi connectivity index (χ3v) is 3.00. The first-order valence-electron chi connectivity index (χ1n) is 6.61. The monoisotopic (exact) mass is 287 g/mol. The van der Waals surface area contributed by atoms with Crippen molar-refractivity contribution in [3.8, 4) is 0 Å². The summed E-state index contributed by atoms with van der Waals surface area (Å²) in [4.78, 5) is 26.9. The van der Waals surface area contributed by atoms with E-state index < -0.39 is 24.0 Å². The molecule has 8 nitrogen and oxygen atoms in total. The van der Waals surface area contributed by atoms with Crippen molar-refractivity contribution in [3.63, 3.8) is 0 Å². The second kappa shape index (κ2) is 9.27. The Bertz CT molecular complexity index is 355. The Hall–Kier alpha value is -1.67. The van der Waals surface area contributed by atoms with Gasteiger partial charge in [-0.3, -0.25) is 4.99 Å². The minimum absolute atomic E-state index is 0.0177. The molecular formula is C12H25N5O3. The van der Waals surface area contributed by atoms with Gasteiger partial charge in [-0.05, 0) is 18.8 Å². The molecule has 8 N–H and O–H groups in total. The predicted octanol–water partition coefficient (Wildman–Crippen LogP) is -1.19. The van der Waals surface area contributed by atoms with Crippen molar-refractivity contribution in [1.82, 2.24) is 0 Å². The molecule has 8 heteroatoms. The number of aliphatic imine (C=N–C) groups is 1. The number of hydrogen-bond acceptors (Lipinski definition) is 6. The summed E-state index contributed by atoms with van der Waals surface area (Å²) in [5, 5.41) is 0. The van der Waals surface area contributed by atoms with Gasteiger partial charge in [-0.1, -0.05) is 20.3 Å². The molecule has 116 valence electrons. The Labute approximate surface area is 118 Å². The van der Waals surface area contributed by atoms with Crippen LogP contribution in [0.3, 0.4) is 0 Å². The van der Waals surface area contributed by atoms with Crippen molar-refractivity contribution < 1.29 is 14.3 Å². The summed E-state index contributed by atoms with van der Waals surface area (Å²) < 4.78 is 4.66. The molecule has 0 aromatic rings. The highest BCUT2D eigenvalue weighted by Crippen LogP contribution is 2.07. The van der Waals surface area contributed by atoms with Gasteiger partial charge in [0.1, 0.15) is 12.1 Å². The molecule has 0 bridgehead atoms. The first kappa shape index (κ1) is 18.3. The number of esters is 2. The summed E-state index contributed by atoms with van der Waals surface area (Å²) in [5.74, 6) is -1.60. The SMILES string of the molecule is CC[C@@H](C)[C@@H](N)C(=O)OC(=O)[C@H](N)CCCN=C(N)N. The van der Waals surface area contributed by atoms with E-state index in [-0.39, 0.29) is 11.9 Å². The third-order valence-electron chi connectivity index (χ3n) is 3.00. The van der Waals surface area contributed by atoms with Crippen LogP contribution in [0.4, 0.5) is 0 Å². The predicted molar refractivity (Wildman–Crippen MR) is 76.4 cm³/mol. The summed E-state index contributed by atoms with van der Waals surface area (Å²) in [5.41, 5.74) is 21.6. The smallest absolute Gasteiger partial charge is 0.330 e. The minimum atomic E-state index is -0.891. The number of carbonyl (C=O) groups excluding carboxylic acids is 2. The first-order chi connectivity index (χ1) is 9.29. The summed E-state index contributed by atoms with van der Waals surface area (Å²) in [6.45, 7) is 4.07. The van der Waals surface area contributed by atoms with E-state index in [1.807, 2.05) is 13.8 Å². The second-order valence-electron chi connectivity index (χ2n) is 4.71.